The van der Waals surface area contributed by atoms with E-state index in [0.717, 1.165) is 12.6 Å². The first-order valence-electron chi connectivity index (χ1n) is 7.71. The SMILES string of the molecule is CCCCC(CCC1CCCCO1)NCCC. The molecule has 1 aliphatic heterocycles. The summed E-state index contributed by atoms with van der Waals surface area (Å²) in [6.45, 7) is 6.68. The summed E-state index contributed by atoms with van der Waals surface area (Å²) in [5.74, 6) is 0. The first-order chi connectivity index (χ1) is 8.36. The summed E-state index contributed by atoms with van der Waals surface area (Å²) in [6, 6.07) is 0.723. The molecule has 0 aromatic heterocycles. The normalized spacial score (nSPS) is 22.6. The zero-order valence-electron chi connectivity index (χ0n) is 11.8. The van der Waals surface area contributed by atoms with Crippen LogP contribution in [0.2, 0.25) is 0 Å². The highest BCUT2D eigenvalue weighted by Gasteiger charge is 2.16. The van der Waals surface area contributed by atoms with Gasteiger partial charge in [-0.3, -0.25) is 0 Å². The Labute approximate surface area is 108 Å². The number of rotatable bonds is 9. The van der Waals surface area contributed by atoms with Crippen molar-refractivity contribution in [2.45, 2.75) is 83.8 Å². The Bertz CT molecular complexity index is 158. The second kappa shape index (κ2) is 9.90. The van der Waals surface area contributed by atoms with Crippen LogP contribution in [0.1, 0.15) is 71.6 Å². The fourth-order valence-corrected chi connectivity index (χ4v) is 2.57. The van der Waals surface area contributed by atoms with Gasteiger partial charge in [0.2, 0.25) is 0 Å². The van der Waals surface area contributed by atoms with Gasteiger partial charge in [-0.15, -0.1) is 0 Å². The highest BCUT2D eigenvalue weighted by atomic mass is 16.5. The van der Waals surface area contributed by atoms with Gasteiger partial charge in [0.15, 0.2) is 0 Å². The molecule has 17 heavy (non-hydrogen) atoms. The van der Waals surface area contributed by atoms with Crippen LogP contribution in [-0.4, -0.2) is 25.3 Å². The third kappa shape index (κ3) is 7.05. The molecule has 0 bridgehead atoms. The molecule has 0 saturated carbocycles. The minimum atomic E-state index is 0.552. The molecular weight excluding hydrogens is 210 g/mol. The molecule has 1 heterocycles. The highest BCUT2D eigenvalue weighted by Crippen LogP contribution is 2.19. The van der Waals surface area contributed by atoms with E-state index in [2.05, 4.69) is 19.2 Å². The first-order valence-corrected chi connectivity index (χ1v) is 7.71. The van der Waals surface area contributed by atoms with Gasteiger partial charge in [0.1, 0.15) is 0 Å². The van der Waals surface area contributed by atoms with E-state index >= 15 is 0 Å². The first kappa shape index (κ1) is 15.0. The van der Waals surface area contributed by atoms with E-state index < -0.39 is 0 Å². The highest BCUT2D eigenvalue weighted by molar-refractivity contribution is 4.71. The molecule has 1 fully saturated rings. The van der Waals surface area contributed by atoms with Crippen LogP contribution in [0, 0.1) is 0 Å². The smallest absolute Gasteiger partial charge is 0.0575 e. The molecule has 1 rings (SSSR count). The maximum Gasteiger partial charge on any atom is 0.0575 e. The fourth-order valence-electron chi connectivity index (χ4n) is 2.57. The predicted octanol–water partition coefficient (Wildman–Crippen LogP) is 3.89. The van der Waals surface area contributed by atoms with E-state index in [4.69, 9.17) is 4.74 Å². The van der Waals surface area contributed by atoms with E-state index in [1.807, 2.05) is 0 Å². The minimum absolute atomic E-state index is 0.552. The Morgan fingerprint density at radius 3 is 2.71 bits per heavy atom. The van der Waals surface area contributed by atoms with E-state index in [1.54, 1.807) is 0 Å². The Morgan fingerprint density at radius 2 is 2.06 bits per heavy atom. The van der Waals surface area contributed by atoms with E-state index in [9.17, 15) is 0 Å². The van der Waals surface area contributed by atoms with E-state index in [0.29, 0.717) is 6.10 Å². The van der Waals surface area contributed by atoms with Crippen LogP contribution in [0.15, 0.2) is 0 Å². The van der Waals surface area contributed by atoms with Gasteiger partial charge in [-0.1, -0.05) is 26.7 Å². The van der Waals surface area contributed by atoms with Crippen molar-refractivity contribution in [3.63, 3.8) is 0 Å². The zero-order valence-corrected chi connectivity index (χ0v) is 11.8. The van der Waals surface area contributed by atoms with Crippen molar-refractivity contribution in [1.82, 2.24) is 5.32 Å². The standard InChI is InChI=1S/C15H31NO/c1-3-5-8-14(16-12-4-2)10-11-15-9-6-7-13-17-15/h14-16H,3-13H2,1-2H3. The molecule has 0 amide bonds. The number of hydrogen-bond donors (Lipinski definition) is 1. The van der Waals surface area contributed by atoms with Gasteiger partial charge in [0, 0.05) is 12.6 Å². The van der Waals surface area contributed by atoms with Gasteiger partial charge in [-0.25, -0.2) is 0 Å². The molecule has 2 heteroatoms. The van der Waals surface area contributed by atoms with Crippen LogP contribution in [0.25, 0.3) is 0 Å². The van der Waals surface area contributed by atoms with Crippen LogP contribution in [0.5, 0.6) is 0 Å². The molecule has 0 aromatic carbocycles. The summed E-state index contributed by atoms with van der Waals surface area (Å²) in [7, 11) is 0. The molecule has 1 saturated heterocycles. The van der Waals surface area contributed by atoms with Crippen LogP contribution in [0.4, 0.5) is 0 Å². The van der Waals surface area contributed by atoms with Gasteiger partial charge >= 0.3 is 0 Å². The zero-order chi connectivity index (χ0) is 12.3. The predicted molar refractivity (Wildman–Crippen MR) is 74.4 cm³/mol. The van der Waals surface area contributed by atoms with Crippen molar-refractivity contribution in [2.24, 2.45) is 0 Å². The molecular formula is C15H31NO. The van der Waals surface area contributed by atoms with Crippen molar-refractivity contribution in [1.29, 1.82) is 0 Å². The molecule has 2 nitrogen and oxygen atoms in total. The Morgan fingerprint density at radius 1 is 1.18 bits per heavy atom. The second-order valence-corrected chi connectivity index (χ2v) is 5.36. The average Bonchev–Trinajstić information content (AvgIpc) is 2.39. The quantitative estimate of drug-likeness (QED) is 0.661. The molecule has 102 valence electrons. The second-order valence-electron chi connectivity index (χ2n) is 5.36. The monoisotopic (exact) mass is 241 g/mol. The Kier molecular flexibility index (Phi) is 8.72. The summed E-state index contributed by atoms with van der Waals surface area (Å²) in [4.78, 5) is 0. The Hall–Kier alpha value is -0.0800. The van der Waals surface area contributed by atoms with Gasteiger partial charge < -0.3 is 10.1 Å². The lowest BCUT2D eigenvalue weighted by molar-refractivity contribution is 0.00841. The maximum absolute atomic E-state index is 5.81. The molecule has 1 aliphatic rings. The third-order valence-electron chi connectivity index (χ3n) is 3.70. The number of hydrogen-bond acceptors (Lipinski definition) is 2. The molecule has 0 spiro atoms. The number of unbranched alkanes of at least 4 members (excludes halogenated alkanes) is 1. The summed E-state index contributed by atoms with van der Waals surface area (Å²) in [5, 5.41) is 3.69. The molecule has 0 aliphatic carbocycles. The largest absolute Gasteiger partial charge is 0.378 e. The van der Waals surface area contributed by atoms with Crippen LogP contribution >= 0.6 is 0 Å². The topological polar surface area (TPSA) is 21.3 Å². The van der Waals surface area contributed by atoms with Crippen LogP contribution < -0.4 is 5.32 Å². The number of nitrogens with one attached hydrogen (secondary N) is 1. The van der Waals surface area contributed by atoms with Crippen molar-refractivity contribution >= 4 is 0 Å². The van der Waals surface area contributed by atoms with E-state index in [1.165, 1.54) is 64.3 Å². The summed E-state index contributed by atoms with van der Waals surface area (Å²) < 4.78 is 5.81. The summed E-state index contributed by atoms with van der Waals surface area (Å²) >= 11 is 0. The minimum Gasteiger partial charge on any atom is -0.378 e. The summed E-state index contributed by atoms with van der Waals surface area (Å²) in [6.07, 6.45) is 12.3. The van der Waals surface area contributed by atoms with E-state index in [-0.39, 0.29) is 0 Å². The van der Waals surface area contributed by atoms with Gasteiger partial charge in [0.25, 0.3) is 0 Å². The molecule has 1 N–H and O–H groups in total. The van der Waals surface area contributed by atoms with Gasteiger partial charge in [0.05, 0.1) is 6.10 Å². The number of ether oxygens (including phenoxy) is 1. The molecule has 0 radical (unpaired) electrons. The molecule has 2 unspecified atom stereocenters. The molecule has 2 atom stereocenters. The Balaban J connectivity index is 2.16. The van der Waals surface area contributed by atoms with Gasteiger partial charge in [-0.2, -0.15) is 0 Å². The lowest BCUT2D eigenvalue weighted by atomic mass is 9.98. The third-order valence-corrected chi connectivity index (χ3v) is 3.70. The van der Waals surface area contributed by atoms with Gasteiger partial charge in [-0.05, 0) is 51.5 Å². The fraction of sp³-hybridized carbons (Fsp3) is 1.00. The average molecular weight is 241 g/mol. The van der Waals surface area contributed by atoms with Crippen LogP contribution in [-0.2, 0) is 4.74 Å². The van der Waals surface area contributed by atoms with Crippen molar-refractivity contribution in [3.8, 4) is 0 Å². The lowest BCUT2D eigenvalue weighted by Gasteiger charge is -2.25. The maximum atomic E-state index is 5.81. The lowest BCUT2D eigenvalue weighted by Crippen LogP contribution is -2.31. The van der Waals surface area contributed by atoms with Crippen molar-refractivity contribution in [2.75, 3.05) is 13.2 Å². The van der Waals surface area contributed by atoms with Crippen LogP contribution in [0.3, 0.4) is 0 Å². The summed E-state index contributed by atoms with van der Waals surface area (Å²) in [5.41, 5.74) is 0. The van der Waals surface area contributed by atoms with Crippen molar-refractivity contribution in [3.05, 3.63) is 0 Å². The molecule has 0 aromatic rings. The van der Waals surface area contributed by atoms with Crippen molar-refractivity contribution < 1.29 is 4.74 Å².